The molecule has 44 heavy (non-hydrogen) atoms. The van der Waals surface area contributed by atoms with Gasteiger partial charge in [-0.25, -0.2) is 4.79 Å². The number of nitrogens with zero attached hydrogens (tertiary/aromatic N) is 5. The van der Waals surface area contributed by atoms with Crippen LogP contribution in [0.2, 0.25) is 0 Å². The van der Waals surface area contributed by atoms with Crippen molar-refractivity contribution in [3.05, 3.63) is 29.3 Å². The van der Waals surface area contributed by atoms with Crippen LogP contribution in [0.4, 0.5) is 18.0 Å². The number of carboxylic acid groups (broad SMARTS) is 1. The second-order valence-electron chi connectivity index (χ2n) is 12.4. The van der Waals surface area contributed by atoms with Crippen molar-refractivity contribution < 1.29 is 37.4 Å². The minimum Gasteiger partial charge on any atom is -0.481 e. The maximum absolute atomic E-state index is 13.5. The molecule has 2 saturated heterocycles. The molecule has 0 unspecified atom stereocenters. The molecule has 0 aromatic heterocycles. The number of rotatable bonds is 10. The number of urea groups is 1. The Hall–Kier alpha value is -2.86. The van der Waals surface area contributed by atoms with Crippen LogP contribution in [0.5, 0.6) is 0 Å². The molecule has 1 aromatic rings. The fourth-order valence-electron chi connectivity index (χ4n) is 6.62. The molecule has 14 heteroatoms. The zero-order chi connectivity index (χ0) is 32.4. The van der Waals surface area contributed by atoms with E-state index >= 15 is 0 Å². The van der Waals surface area contributed by atoms with Crippen molar-refractivity contribution in [2.24, 2.45) is 0 Å². The van der Waals surface area contributed by atoms with Crippen LogP contribution in [0.3, 0.4) is 0 Å². The third kappa shape index (κ3) is 7.50. The van der Waals surface area contributed by atoms with E-state index in [9.17, 15) is 27.6 Å². The van der Waals surface area contributed by atoms with E-state index in [1.54, 1.807) is 18.7 Å². The molecule has 2 aliphatic heterocycles. The highest BCUT2D eigenvalue weighted by molar-refractivity contribution is 7.98. The smallest absolute Gasteiger partial charge is 0.417 e. The summed E-state index contributed by atoms with van der Waals surface area (Å²) in [4.78, 5) is 43.9. The van der Waals surface area contributed by atoms with Gasteiger partial charge in [-0.1, -0.05) is 0 Å². The molecule has 1 aromatic carbocycles. The summed E-state index contributed by atoms with van der Waals surface area (Å²) in [6, 6.07) is 4.41. The molecule has 1 N–H and O–H groups in total. The lowest BCUT2D eigenvalue weighted by molar-refractivity contribution is -0.138. The number of carbonyl (C=O) groups is 3. The minimum atomic E-state index is -4.75. The largest absolute Gasteiger partial charge is 0.481 e. The van der Waals surface area contributed by atoms with Crippen molar-refractivity contribution >= 4 is 29.9 Å². The zero-order valence-corrected chi connectivity index (χ0v) is 26.3. The maximum Gasteiger partial charge on any atom is 0.417 e. The fourth-order valence-corrected chi connectivity index (χ4v) is 7.60. The van der Waals surface area contributed by atoms with E-state index in [1.807, 2.05) is 0 Å². The Labute approximate surface area is 260 Å². The fraction of sp³-hybridized carbons (Fsp3) is 0.667. The quantitative estimate of drug-likeness (QED) is 0.284. The summed E-state index contributed by atoms with van der Waals surface area (Å²) in [5.74, 6) is -1.29. The van der Waals surface area contributed by atoms with Crippen molar-refractivity contribution in [1.29, 1.82) is 5.26 Å². The van der Waals surface area contributed by atoms with E-state index in [1.165, 1.54) is 12.1 Å². The van der Waals surface area contributed by atoms with Gasteiger partial charge in [0.1, 0.15) is 5.54 Å². The third-order valence-electron chi connectivity index (χ3n) is 8.83. The number of nitriles is 1. The van der Waals surface area contributed by atoms with Crippen molar-refractivity contribution in [3.63, 3.8) is 0 Å². The first kappa shape index (κ1) is 34.0. The van der Waals surface area contributed by atoms with Crippen molar-refractivity contribution in [1.82, 2.24) is 19.0 Å². The number of aliphatic carboxylic acids is 1. The van der Waals surface area contributed by atoms with Crippen LogP contribution in [0.1, 0.15) is 70.9 Å². The number of halogens is 3. The van der Waals surface area contributed by atoms with Gasteiger partial charge in [0.15, 0.2) is 0 Å². The standard InChI is InChI=1S/C30H40F3N5O5S/c1-19-17-35(18-20(2)36(19)12-11-26(39)40)13-14-43-23-8-6-22(7-9-23)37-28(42)38(27(41)29(37,3)4)44-24-10-5-21(16-34)25(15-24)30(31,32)33/h5,10,15,19-20,22-23H,6-9,11-14,17-18H2,1-4H3,(H,39,40)/t19-,20+,22?,23?. The highest BCUT2D eigenvalue weighted by Gasteiger charge is 2.54. The van der Waals surface area contributed by atoms with Crippen LogP contribution in [-0.2, 0) is 20.5 Å². The van der Waals surface area contributed by atoms with Gasteiger partial charge >= 0.3 is 18.2 Å². The Morgan fingerprint density at radius 2 is 1.75 bits per heavy atom. The summed E-state index contributed by atoms with van der Waals surface area (Å²) in [5.41, 5.74) is -2.80. The Kier molecular flexibility index (Phi) is 10.5. The molecular formula is C30H40F3N5O5S. The van der Waals surface area contributed by atoms with Crippen molar-refractivity contribution in [2.75, 3.05) is 32.8 Å². The number of imide groups is 1. The number of alkyl halides is 3. The van der Waals surface area contributed by atoms with Gasteiger partial charge in [0, 0.05) is 49.2 Å². The highest BCUT2D eigenvalue weighted by atomic mass is 32.2. The molecule has 242 valence electrons. The molecular weight excluding hydrogens is 599 g/mol. The minimum absolute atomic E-state index is 0.0272. The molecule has 10 nitrogen and oxygen atoms in total. The van der Waals surface area contributed by atoms with Crippen LogP contribution in [0.25, 0.3) is 0 Å². The number of carboxylic acids is 1. The first-order valence-corrected chi connectivity index (χ1v) is 15.7. The molecule has 0 bridgehead atoms. The number of amides is 3. The first-order chi connectivity index (χ1) is 20.6. The van der Waals surface area contributed by atoms with E-state index in [2.05, 4.69) is 23.6 Å². The predicted octanol–water partition coefficient (Wildman–Crippen LogP) is 4.82. The first-order valence-electron chi connectivity index (χ1n) is 14.9. The molecule has 2 atom stereocenters. The second-order valence-corrected chi connectivity index (χ2v) is 13.4. The number of hydrogen-bond acceptors (Lipinski definition) is 8. The average Bonchev–Trinajstić information content (AvgIpc) is 3.11. The molecule has 0 spiro atoms. The van der Waals surface area contributed by atoms with E-state index in [-0.39, 0.29) is 35.5 Å². The molecule has 2 heterocycles. The number of benzene rings is 1. The Bertz CT molecular complexity index is 1270. The topological polar surface area (TPSA) is 117 Å². The summed E-state index contributed by atoms with van der Waals surface area (Å²) in [7, 11) is 0. The van der Waals surface area contributed by atoms with Crippen LogP contribution in [0.15, 0.2) is 23.1 Å². The number of carbonyl (C=O) groups excluding carboxylic acids is 2. The van der Waals surface area contributed by atoms with Crippen LogP contribution in [0, 0.1) is 11.3 Å². The summed E-state index contributed by atoms with van der Waals surface area (Å²) in [5, 5.41) is 18.1. The van der Waals surface area contributed by atoms with Crippen LogP contribution >= 0.6 is 11.9 Å². The molecule has 1 saturated carbocycles. The van der Waals surface area contributed by atoms with Crippen LogP contribution < -0.4 is 0 Å². The van der Waals surface area contributed by atoms with Crippen molar-refractivity contribution in [3.8, 4) is 6.07 Å². The van der Waals surface area contributed by atoms with Gasteiger partial charge < -0.3 is 14.7 Å². The Balaban J connectivity index is 1.29. The van der Waals surface area contributed by atoms with E-state index < -0.39 is 40.7 Å². The molecule has 1 aliphatic carbocycles. The molecule has 3 aliphatic rings. The Morgan fingerprint density at radius 1 is 1.11 bits per heavy atom. The molecule has 0 radical (unpaired) electrons. The van der Waals surface area contributed by atoms with Gasteiger partial charge in [-0.2, -0.15) is 22.7 Å². The normalized spacial score (nSPS) is 26.7. The van der Waals surface area contributed by atoms with Gasteiger partial charge in [-0.3, -0.25) is 19.4 Å². The summed E-state index contributed by atoms with van der Waals surface area (Å²) < 4.78 is 47.5. The maximum atomic E-state index is 13.5. The van der Waals surface area contributed by atoms with Gasteiger partial charge in [0.05, 0.1) is 36.3 Å². The molecule has 3 fully saturated rings. The summed E-state index contributed by atoms with van der Waals surface area (Å²) in [6.07, 6.45) is -1.89. The van der Waals surface area contributed by atoms with E-state index in [0.29, 0.717) is 50.8 Å². The lowest BCUT2D eigenvalue weighted by Gasteiger charge is -2.44. The number of hydrogen-bond donors (Lipinski definition) is 1. The van der Waals surface area contributed by atoms with Gasteiger partial charge in [-0.05, 0) is 83.5 Å². The third-order valence-corrected chi connectivity index (χ3v) is 9.80. The van der Waals surface area contributed by atoms with E-state index in [0.717, 1.165) is 36.1 Å². The monoisotopic (exact) mass is 639 g/mol. The zero-order valence-electron chi connectivity index (χ0n) is 25.5. The summed E-state index contributed by atoms with van der Waals surface area (Å²) >= 11 is 0.641. The van der Waals surface area contributed by atoms with Gasteiger partial charge in [0.2, 0.25) is 0 Å². The molecule has 4 rings (SSSR count). The lowest BCUT2D eigenvalue weighted by atomic mass is 9.89. The van der Waals surface area contributed by atoms with Gasteiger partial charge in [-0.15, -0.1) is 0 Å². The van der Waals surface area contributed by atoms with E-state index in [4.69, 9.17) is 15.1 Å². The predicted molar refractivity (Wildman–Crippen MR) is 156 cm³/mol. The van der Waals surface area contributed by atoms with Crippen LogP contribution in [-0.4, -0.2) is 105 Å². The van der Waals surface area contributed by atoms with Gasteiger partial charge in [0.25, 0.3) is 5.91 Å². The number of piperazine rings is 1. The SMILES string of the molecule is C[C@@H]1CN(CCOC2CCC(N3C(=O)N(Sc4ccc(C#N)c(C(F)(F)F)c4)C(=O)C3(C)C)CC2)C[C@H](C)N1CCC(=O)O. The summed E-state index contributed by atoms with van der Waals surface area (Å²) in [6.45, 7) is 11.1. The number of ether oxygens (including phenoxy) is 1. The second kappa shape index (κ2) is 13.6. The average molecular weight is 640 g/mol. The Morgan fingerprint density at radius 3 is 2.32 bits per heavy atom. The lowest BCUT2D eigenvalue weighted by Crippen LogP contribution is -2.57. The van der Waals surface area contributed by atoms with Crippen molar-refractivity contribution in [2.45, 2.75) is 101 Å². The highest BCUT2D eigenvalue weighted by Crippen LogP contribution is 2.42. The molecule has 3 amide bonds.